The molecule has 1 heteroatoms. The highest BCUT2D eigenvalue weighted by Crippen LogP contribution is 2.51. The molecule has 0 N–H and O–H groups in total. The number of hydrogen-bond donors (Lipinski definition) is 0. The number of nitrogens with zero attached hydrogens (tertiary/aromatic N) is 1. The zero-order valence-corrected chi connectivity index (χ0v) is 16.3. The van der Waals surface area contributed by atoms with Crippen molar-refractivity contribution in [2.24, 2.45) is 0 Å². The predicted octanol–water partition coefficient (Wildman–Crippen LogP) is 6.82. The van der Waals surface area contributed by atoms with Gasteiger partial charge in [0.2, 0.25) is 0 Å². The molecule has 5 rings (SSSR count). The zero-order chi connectivity index (χ0) is 18.8. The van der Waals surface area contributed by atoms with Crippen LogP contribution in [0, 0.1) is 13.8 Å². The molecule has 0 spiro atoms. The fourth-order valence-corrected chi connectivity index (χ4v) is 4.80. The Morgan fingerprint density at radius 3 is 2.26 bits per heavy atom. The Labute approximate surface area is 160 Å². The Kier molecular flexibility index (Phi) is 3.33. The summed E-state index contributed by atoms with van der Waals surface area (Å²) in [6, 6.07) is 22.4. The van der Waals surface area contributed by atoms with E-state index in [1.807, 2.05) is 12.3 Å². The third-order valence-corrected chi connectivity index (χ3v) is 5.95. The highest BCUT2D eigenvalue weighted by molar-refractivity contribution is 5.96. The van der Waals surface area contributed by atoms with Crippen LogP contribution in [0.25, 0.3) is 33.2 Å². The van der Waals surface area contributed by atoms with Crippen molar-refractivity contribution >= 4 is 10.9 Å². The molecule has 1 aromatic heterocycles. The van der Waals surface area contributed by atoms with Crippen LogP contribution >= 0.6 is 0 Å². The highest BCUT2D eigenvalue weighted by Gasteiger charge is 2.37. The average Bonchev–Trinajstić information content (AvgIpc) is 2.88. The highest BCUT2D eigenvalue weighted by atomic mass is 14.6. The molecule has 3 aromatic carbocycles. The summed E-state index contributed by atoms with van der Waals surface area (Å²) in [6.07, 6.45) is 1.88. The van der Waals surface area contributed by atoms with Gasteiger partial charge in [0, 0.05) is 17.0 Å². The molecule has 1 nitrogen and oxygen atoms in total. The van der Waals surface area contributed by atoms with Gasteiger partial charge in [0.15, 0.2) is 0 Å². The monoisotopic (exact) mass is 349 g/mol. The Bertz CT molecular complexity index is 1190. The Balaban J connectivity index is 1.76. The summed E-state index contributed by atoms with van der Waals surface area (Å²) in [6.45, 7) is 9.02. The fourth-order valence-electron chi connectivity index (χ4n) is 4.80. The molecule has 4 aromatic rings. The second-order valence-electron chi connectivity index (χ2n) is 8.32. The van der Waals surface area contributed by atoms with Crippen molar-refractivity contribution in [3.8, 4) is 22.3 Å². The lowest BCUT2D eigenvalue weighted by Gasteiger charge is -2.23. The van der Waals surface area contributed by atoms with Crippen LogP contribution in [0.4, 0.5) is 0 Å². The Hall–Kier alpha value is -2.93. The molecule has 132 valence electrons. The van der Waals surface area contributed by atoms with Gasteiger partial charge in [0.05, 0.1) is 5.52 Å². The number of fused-ring (bicyclic) bond motifs is 5. The number of pyridine rings is 1. The maximum atomic E-state index is 4.57. The van der Waals surface area contributed by atoms with Crippen molar-refractivity contribution in [3.63, 3.8) is 0 Å². The molecule has 0 bridgehead atoms. The number of aryl methyl sites for hydroxylation is 2. The smallest absolute Gasteiger partial charge is 0.0705 e. The molecule has 0 radical (unpaired) electrons. The zero-order valence-electron chi connectivity index (χ0n) is 16.3. The number of hydrogen-bond acceptors (Lipinski definition) is 1. The summed E-state index contributed by atoms with van der Waals surface area (Å²) in [7, 11) is 0. The standard InChI is InChI=1S/C26H23N/c1-16-12-17(2)14-19(13-16)18-7-8-20-21-9-10-24-22(6-5-11-27-24)25(21)26(3,4)23(20)15-18/h5-15H,1-4H3. The normalized spacial score (nSPS) is 14.2. The van der Waals surface area contributed by atoms with Gasteiger partial charge in [-0.1, -0.05) is 67.4 Å². The summed E-state index contributed by atoms with van der Waals surface area (Å²) < 4.78 is 0. The van der Waals surface area contributed by atoms with Crippen molar-refractivity contribution in [2.75, 3.05) is 0 Å². The summed E-state index contributed by atoms with van der Waals surface area (Å²) in [5, 5.41) is 1.27. The minimum atomic E-state index is -0.0396. The Morgan fingerprint density at radius 2 is 1.48 bits per heavy atom. The van der Waals surface area contributed by atoms with Gasteiger partial charge in [-0.25, -0.2) is 0 Å². The molecule has 0 saturated heterocycles. The molecule has 0 atom stereocenters. The lowest BCUT2D eigenvalue weighted by molar-refractivity contribution is 0.666. The van der Waals surface area contributed by atoms with Crippen molar-refractivity contribution < 1.29 is 0 Å². The minimum absolute atomic E-state index is 0.0396. The van der Waals surface area contributed by atoms with Crippen LogP contribution in [0.2, 0.25) is 0 Å². The number of benzene rings is 3. The lowest BCUT2D eigenvalue weighted by Crippen LogP contribution is -2.15. The topological polar surface area (TPSA) is 12.9 Å². The molecule has 1 aliphatic carbocycles. The molecule has 0 saturated carbocycles. The van der Waals surface area contributed by atoms with Crippen LogP contribution in [0.3, 0.4) is 0 Å². The van der Waals surface area contributed by atoms with Crippen LogP contribution < -0.4 is 0 Å². The van der Waals surface area contributed by atoms with Gasteiger partial charge in [0.1, 0.15) is 0 Å². The van der Waals surface area contributed by atoms with Crippen LogP contribution in [0.5, 0.6) is 0 Å². The van der Waals surface area contributed by atoms with E-state index in [1.165, 1.54) is 49.9 Å². The van der Waals surface area contributed by atoms with Crippen LogP contribution in [-0.2, 0) is 5.41 Å². The first-order valence-corrected chi connectivity index (χ1v) is 9.57. The molecule has 27 heavy (non-hydrogen) atoms. The van der Waals surface area contributed by atoms with Gasteiger partial charge < -0.3 is 0 Å². The van der Waals surface area contributed by atoms with Crippen LogP contribution in [0.1, 0.15) is 36.1 Å². The molecular formula is C26H23N. The third-order valence-electron chi connectivity index (χ3n) is 5.95. The lowest BCUT2D eigenvalue weighted by atomic mass is 9.80. The van der Waals surface area contributed by atoms with Gasteiger partial charge in [-0.2, -0.15) is 0 Å². The fraction of sp³-hybridized carbons (Fsp3) is 0.192. The SMILES string of the molecule is Cc1cc(C)cc(-c2ccc3c(c2)C(C)(C)c2c-3ccc3ncccc23)c1. The molecule has 0 amide bonds. The van der Waals surface area contributed by atoms with E-state index in [0.29, 0.717) is 0 Å². The van der Waals surface area contributed by atoms with E-state index in [2.05, 4.69) is 87.3 Å². The predicted molar refractivity (Wildman–Crippen MR) is 114 cm³/mol. The maximum absolute atomic E-state index is 4.57. The molecular weight excluding hydrogens is 326 g/mol. The second kappa shape index (κ2) is 5.53. The van der Waals surface area contributed by atoms with E-state index in [1.54, 1.807) is 0 Å². The van der Waals surface area contributed by atoms with Crippen molar-refractivity contribution in [2.45, 2.75) is 33.1 Å². The van der Waals surface area contributed by atoms with Crippen molar-refractivity contribution in [1.82, 2.24) is 4.98 Å². The summed E-state index contributed by atoms with van der Waals surface area (Å²) in [5.41, 5.74) is 11.8. The van der Waals surface area contributed by atoms with Gasteiger partial charge >= 0.3 is 0 Å². The van der Waals surface area contributed by atoms with Crippen molar-refractivity contribution in [3.05, 3.63) is 89.1 Å². The number of aromatic nitrogens is 1. The maximum Gasteiger partial charge on any atom is 0.0705 e. The molecule has 0 fully saturated rings. The van der Waals surface area contributed by atoms with Crippen molar-refractivity contribution in [1.29, 1.82) is 0 Å². The molecule has 1 aliphatic rings. The van der Waals surface area contributed by atoms with E-state index in [9.17, 15) is 0 Å². The minimum Gasteiger partial charge on any atom is -0.256 e. The summed E-state index contributed by atoms with van der Waals surface area (Å²) in [4.78, 5) is 4.57. The van der Waals surface area contributed by atoms with Gasteiger partial charge in [-0.05, 0) is 65.4 Å². The van der Waals surface area contributed by atoms with Gasteiger partial charge in [-0.15, -0.1) is 0 Å². The number of rotatable bonds is 1. The molecule has 0 unspecified atom stereocenters. The van der Waals surface area contributed by atoms with Gasteiger partial charge in [-0.3, -0.25) is 4.98 Å². The first-order chi connectivity index (χ1) is 12.9. The second-order valence-corrected chi connectivity index (χ2v) is 8.32. The average molecular weight is 349 g/mol. The summed E-state index contributed by atoms with van der Waals surface area (Å²) >= 11 is 0. The first kappa shape index (κ1) is 16.3. The van der Waals surface area contributed by atoms with Crippen LogP contribution in [0.15, 0.2) is 66.9 Å². The molecule has 0 aliphatic heterocycles. The first-order valence-electron chi connectivity index (χ1n) is 9.57. The third kappa shape index (κ3) is 2.35. The largest absolute Gasteiger partial charge is 0.256 e. The van der Waals surface area contributed by atoms with E-state index in [0.717, 1.165) is 5.52 Å². The summed E-state index contributed by atoms with van der Waals surface area (Å²) in [5.74, 6) is 0. The van der Waals surface area contributed by atoms with E-state index >= 15 is 0 Å². The van der Waals surface area contributed by atoms with Crippen LogP contribution in [-0.4, -0.2) is 4.98 Å². The quantitative estimate of drug-likeness (QED) is 0.367. The molecule has 1 heterocycles. The Morgan fingerprint density at radius 1 is 0.741 bits per heavy atom. The van der Waals surface area contributed by atoms with E-state index in [4.69, 9.17) is 0 Å². The van der Waals surface area contributed by atoms with Gasteiger partial charge in [0.25, 0.3) is 0 Å². The van der Waals surface area contributed by atoms with E-state index < -0.39 is 0 Å². The van der Waals surface area contributed by atoms with E-state index in [-0.39, 0.29) is 5.41 Å².